The van der Waals surface area contributed by atoms with Gasteiger partial charge in [-0.2, -0.15) is 5.10 Å². The van der Waals surface area contributed by atoms with E-state index in [1.807, 2.05) is 29.2 Å². The first-order valence-corrected chi connectivity index (χ1v) is 10.4. The van der Waals surface area contributed by atoms with E-state index >= 15 is 0 Å². The van der Waals surface area contributed by atoms with Crippen molar-refractivity contribution >= 4 is 11.8 Å². The second-order valence-electron chi connectivity index (χ2n) is 7.78. The molecule has 2 saturated heterocycles. The fourth-order valence-electron chi connectivity index (χ4n) is 4.10. The molecule has 0 unspecified atom stereocenters. The Morgan fingerprint density at radius 3 is 2.69 bits per heavy atom. The molecular weight excluding hydrogens is 368 g/mol. The van der Waals surface area contributed by atoms with Crippen molar-refractivity contribution in [2.75, 3.05) is 39.4 Å². The quantitative estimate of drug-likeness (QED) is 0.841. The van der Waals surface area contributed by atoms with Crippen LogP contribution in [0.5, 0.6) is 0 Å². The van der Waals surface area contributed by atoms with Crippen LogP contribution < -0.4 is 0 Å². The monoisotopic (exact) mass is 396 g/mol. The van der Waals surface area contributed by atoms with Gasteiger partial charge in [0, 0.05) is 44.2 Å². The van der Waals surface area contributed by atoms with Crippen molar-refractivity contribution < 1.29 is 14.3 Å². The summed E-state index contributed by atoms with van der Waals surface area (Å²) in [5.41, 5.74) is 2.59. The maximum Gasteiger partial charge on any atom is 0.274 e. The van der Waals surface area contributed by atoms with E-state index in [0.717, 1.165) is 31.5 Å². The minimum Gasteiger partial charge on any atom is -0.378 e. The number of hydrogen-bond acceptors (Lipinski definition) is 4. The zero-order chi connectivity index (χ0) is 20.1. The molecule has 3 heterocycles. The van der Waals surface area contributed by atoms with E-state index in [4.69, 9.17) is 4.74 Å². The molecule has 0 bridgehead atoms. The summed E-state index contributed by atoms with van der Waals surface area (Å²) < 4.78 is 5.31. The molecule has 1 aromatic heterocycles. The molecule has 2 amide bonds. The standard InChI is InChI=1S/C22H28N4O3/c27-21(9-8-17-5-2-1-3-6-17)26-10-4-7-18(16-26)19-15-20(24-23-19)22(28)25-11-13-29-14-12-25/h1-3,5-6,15,18H,4,7-14,16H2,(H,23,24)/t18-/m1/s1. The predicted molar refractivity (Wildman–Crippen MR) is 109 cm³/mol. The molecule has 2 aromatic rings. The summed E-state index contributed by atoms with van der Waals surface area (Å²) in [4.78, 5) is 29.0. The number of aromatic nitrogens is 2. The van der Waals surface area contributed by atoms with Crippen LogP contribution in [0.2, 0.25) is 0 Å². The van der Waals surface area contributed by atoms with Crippen molar-refractivity contribution in [3.8, 4) is 0 Å². The normalized spacial score (nSPS) is 19.9. The van der Waals surface area contributed by atoms with Crippen LogP contribution in [-0.2, 0) is 16.0 Å². The van der Waals surface area contributed by atoms with Gasteiger partial charge in [0.05, 0.1) is 13.2 Å². The summed E-state index contributed by atoms with van der Waals surface area (Å²) in [5, 5.41) is 7.30. The fourth-order valence-corrected chi connectivity index (χ4v) is 4.10. The fraction of sp³-hybridized carbons (Fsp3) is 0.500. The van der Waals surface area contributed by atoms with Gasteiger partial charge in [-0.1, -0.05) is 30.3 Å². The highest BCUT2D eigenvalue weighted by Crippen LogP contribution is 2.27. The van der Waals surface area contributed by atoms with Crippen LogP contribution in [0.4, 0.5) is 0 Å². The average molecular weight is 396 g/mol. The maximum absolute atomic E-state index is 12.7. The molecule has 2 aliphatic rings. The number of morpholine rings is 1. The van der Waals surface area contributed by atoms with Gasteiger partial charge >= 0.3 is 0 Å². The summed E-state index contributed by atoms with van der Waals surface area (Å²) >= 11 is 0. The SMILES string of the molecule is O=C(CCc1ccccc1)N1CCC[C@@H](c2cc(C(=O)N3CCOCC3)n[nH]2)C1. The molecule has 4 rings (SSSR count). The highest BCUT2D eigenvalue weighted by atomic mass is 16.5. The lowest BCUT2D eigenvalue weighted by Gasteiger charge is -2.32. The Morgan fingerprint density at radius 1 is 1.10 bits per heavy atom. The van der Waals surface area contributed by atoms with Crippen molar-refractivity contribution in [1.82, 2.24) is 20.0 Å². The second kappa shape index (κ2) is 9.22. The number of amides is 2. The molecule has 7 heteroatoms. The Bertz CT molecular complexity index is 830. The van der Waals surface area contributed by atoms with Gasteiger partial charge in [-0.3, -0.25) is 14.7 Å². The molecule has 29 heavy (non-hydrogen) atoms. The minimum atomic E-state index is -0.0533. The van der Waals surface area contributed by atoms with Gasteiger partial charge in [0.2, 0.25) is 5.91 Å². The largest absolute Gasteiger partial charge is 0.378 e. The molecule has 1 aromatic carbocycles. The van der Waals surface area contributed by atoms with Gasteiger partial charge in [0.15, 0.2) is 0 Å². The van der Waals surface area contributed by atoms with Crippen molar-refractivity contribution in [1.29, 1.82) is 0 Å². The number of nitrogens with zero attached hydrogens (tertiary/aromatic N) is 3. The number of carbonyl (C=O) groups is 2. The molecule has 0 aliphatic carbocycles. The molecule has 0 saturated carbocycles. The van der Waals surface area contributed by atoms with E-state index in [2.05, 4.69) is 22.3 Å². The lowest BCUT2D eigenvalue weighted by Crippen LogP contribution is -2.40. The van der Waals surface area contributed by atoms with Gasteiger partial charge in [0.1, 0.15) is 5.69 Å². The Labute approximate surface area is 171 Å². The number of rotatable bonds is 5. The number of benzene rings is 1. The number of H-pyrrole nitrogens is 1. The smallest absolute Gasteiger partial charge is 0.274 e. The summed E-state index contributed by atoms with van der Waals surface area (Å²) in [6, 6.07) is 12.0. The number of aryl methyl sites for hydroxylation is 1. The van der Waals surface area contributed by atoms with Crippen LogP contribution in [0.15, 0.2) is 36.4 Å². The van der Waals surface area contributed by atoms with Gasteiger partial charge in [-0.25, -0.2) is 0 Å². The molecule has 154 valence electrons. The lowest BCUT2D eigenvalue weighted by atomic mass is 9.94. The first-order chi connectivity index (χ1) is 14.2. The van der Waals surface area contributed by atoms with E-state index in [1.54, 1.807) is 4.90 Å². The number of hydrogen-bond donors (Lipinski definition) is 1. The van der Waals surface area contributed by atoms with Crippen molar-refractivity contribution in [3.05, 3.63) is 53.3 Å². The Hall–Kier alpha value is -2.67. The first-order valence-electron chi connectivity index (χ1n) is 10.4. The number of ether oxygens (including phenoxy) is 1. The molecule has 1 N–H and O–H groups in total. The van der Waals surface area contributed by atoms with E-state index in [9.17, 15) is 9.59 Å². The predicted octanol–water partition coefficient (Wildman–Crippen LogP) is 2.22. The maximum atomic E-state index is 12.7. The molecule has 0 radical (unpaired) electrons. The van der Waals surface area contributed by atoms with Gasteiger partial charge in [0.25, 0.3) is 5.91 Å². The zero-order valence-electron chi connectivity index (χ0n) is 16.7. The minimum absolute atomic E-state index is 0.0533. The molecule has 2 aliphatic heterocycles. The average Bonchev–Trinajstić information content (AvgIpc) is 3.29. The number of likely N-dealkylation sites (tertiary alicyclic amines) is 1. The third-order valence-electron chi connectivity index (χ3n) is 5.80. The topological polar surface area (TPSA) is 78.5 Å². The van der Waals surface area contributed by atoms with E-state index in [-0.39, 0.29) is 17.7 Å². The summed E-state index contributed by atoms with van der Waals surface area (Å²) in [6.07, 6.45) is 3.26. The second-order valence-corrected chi connectivity index (χ2v) is 7.78. The van der Waals surface area contributed by atoms with Crippen molar-refractivity contribution in [2.24, 2.45) is 0 Å². The highest BCUT2D eigenvalue weighted by Gasteiger charge is 2.27. The number of carbonyl (C=O) groups excluding carboxylic acids is 2. The zero-order valence-corrected chi connectivity index (χ0v) is 16.7. The molecule has 7 nitrogen and oxygen atoms in total. The Morgan fingerprint density at radius 2 is 1.90 bits per heavy atom. The van der Waals surface area contributed by atoms with Gasteiger partial charge in [-0.15, -0.1) is 0 Å². The number of nitrogens with one attached hydrogen (secondary N) is 1. The van der Waals surface area contributed by atoms with E-state index in [1.165, 1.54) is 5.56 Å². The highest BCUT2D eigenvalue weighted by molar-refractivity contribution is 5.92. The van der Waals surface area contributed by atoms with Crippen LogP contribution in [0.25, 0.3) is 0 Å². The number of piperidine rings is 1. The summed E-state index contributed by atoms with van der Waals surface area (Å²) in [6.45, 7) is 3.85. The third-order valence-corrected chi connectivity index (χ3v) is 5.80. The van der Waals surface area contributed by atoms with E-state index < -0.39 is 0 Å². The van der Waals surface area contributed by atoms with Crippen LogP contribution in [0.3, 0.4) is 0 Å². The molecule has 1 atom stereocenters. The molecule has 0 spiro atoms. The first kappa shape index (κ1) is 19.6. The van der Waals surface area contributed by atoms with Crippen molar-refractivity contribution in [2.45, 2.75) is 31.6 Å². The molecular formula is C22H28N4O3. The van der Waals surface area contributed by atoms with Crippen molar-refractivity contribution in [3.63, 3.8) is 0 Å². The van der Waals surface area contributed by atoms with E-state index in [0.29, 0.717) is 45.0 Å². The number of aromatic amines is 1. The van der Waals surface area contributed by atoms with Crippen LogP contribution in [0.1, 0.15) is 46.9 Å². The Balaban J connectivity index is 1.34. The third kappa shape index (κ3) is 4.85. The van der Waals surface area contributed by atoms with Gasteiger partial charge in [-0.05, 0) is 30.9 Å². The Kier molecular flexibility index (Phi) is 6.24. The lowest BCUT2D eigenvalue weighted by molar-refractivity contribution is -0.132. The van der Waals surface area contributed by atoms with Crippen LogP contribution in [-0.4, -0.2) is 71.2 Å². The van der Waals surface area contributed by atoms with Crippen LogP contribution in [0, 0.1) is 0 Å². The summed E-state index contributed by atoms with van der Waals surface area (Å²) in [5.74, 6) is 0.341. The summed E-state index contributed by atoms with van der Waals surface area (Å²) in [7, 11) is 0. The molecule has 2 fully saturated rings. The van der Waals surface area contributed by atoms with Crippen LogP contribution >= 0.6 is 0 Å². The van der Waals surface area contributed by atoms with Gasteiger partial charge < -0.3 is 14.5 Å².